The molecule has 0 aromatic carbocycles. The highest BCUT2D eigenvalue weighted by Gasteiger charge is 2.26. The topological polar surface area (TPSA) is 55.1 Å². The Morgan fingerprint density at radius 3 is 2.69 bits per heavy atom. The molecule has 0 radical (unpaired) electrons. The molecule has 1 aliphatic rings. The van der Waals surface area contributed by atoms with Gasteiger partial charge >= 0.3 is 0 Å². The van der Waals surface area contributed by atoms with Crippen molar-refractivity contribution in [3.05, 3.63) is 0 Å². The van der Waals surface area contributed by atoms with Crippen LogP contribution in [-0.4, -0.2) is 18.5 Å². The van der Waals surface area contributed by atoms with Crippen LogP contribution in [-0.2, 0) is 4.79 Å². The molecule has 94 valence electrons. The molecule has 0 aromatic heterocycles. The van der Waals surface area contributed by atoms with Crippen LogP contribution in [0.5, 0.6) is 0 Å². The van der Waals surface area contributed by atoms with Crippen LogP contribution < -0.4 is 11.1 Å². The van der Waals surface area contributed by atoms with Crippen molar-refractivity contribution in [2.24, 2.45) is 23.5 Å². The van der Waals surface area contributed by atoms with E-state index >= 15 is 0 Å². The number of nitrogens with one attached hydrogen (secondary N) is 1. The lowest BCUT2D eigenvalue weighted by molar-refractivity contribution is -0.123. The summed E-state index contributed by atoms with van der Waals surface area (Å²) < 4.78 is 0. The minimum atomic E-state index is 0.171. The lowest BCUT2D eigenvalue weighted by Crippen LogP contribution is -2.43. The number of carbonyl (C=O) groups excluding carboxylic acids is 1. The number of nitrogens with two attached hydrogens (primary N) is 1. The standard InChI is InChI=1S/C13H26N2O/c1-9-4-5-12(11(3)6-9)15-13(16)7-10(2)8-14/h9-12H,4-8,14H2,1-3H3,(H,15,16). The van der Waals surface area contributed by atoms with Crippen molar-refractivity contribution in [3.8, 4) is 0 Å². The van der Waals surface area contributed by atoms with E-state index in [2.05, 4.69) is 19.2 Å². The Morgan fingerprint density at radius 1 is 1.44 bits per heavy atom. The molecular weight excluding hydrogens is 200 g/mol. The molecule has 1 rings (SSSR count). The van der Waals surface area contributed by atoms with Gasteiger partial charge in [0.1, 0.15) is 0 Å². The predicted molar refractivity (Wildman–Crippen MR) is 66.9 cm³/mol. The summed E-state index contributed by atoms with van der Waals surface area (Å²) in [6.07, 6.45) is 4.17. The van der Waals surface area contributed by atoms with Gasteiger partial charge in [-0.3, -0.25) is 4.79 Å². The van der Waals surface area contributed by atoms with Gasteiger partial charge in [0.25, 0.3) is 0 Å². The van der Waals surface area contributed by atoms with Gasteiger partial charge < -0.3 is 11.1 Å². The van der Waals surface area contributed by atoms with Crippen LogP contribution >= 0.6 is 0 Å². The minimum absolute atomic E-state index is 0.171. The molecule has 16 heavy (non-hydrogen) atoms. The molecule has 1 saturated carbocycles. The molecule has 0 heterocycles. The molecule has 1 fully saturated rings. The molecule has 0 aromatic rings. The van der Waals surface area contributed by atoms with Gasteiger partial charge in [0, 0.05) is 12.5 Å². The molecule has 1 amide bonds. The Bertz CT molecular complexity index is 230. The zero-order valence-electron chi connectivity index (χ0n) is 10.8. The molecule has 3 nitrogen and oxygen atoms in total. The molecule has 4 unspecified atom stereocenters. The third-order valence-corrected chi connectivity index (χ3v) is 3.71. The maximum absolute atomic E-state index is 11.7. The Kier molecular flexibility index (Phi) is 5.26. The molecule has 4 atom stereocenters. The zero-order chi connectivity index (χ0) is 12.1. The van der Waals surface area contributed by atoms with Crippen LogP contribution in [0, 0.1) is 17.8 Å². The Balaban J connectivity index is 2.33. The molecule has 0 spiro atoms. The van der Waals surface area contributed by atoms with Crippen LogP contribution in [0.3, 0.4) is 0 Å². The van der Waals surface area contributed by atoms with Crippen LogP contribution in [0.2, 0.25) is 0 Å². The molecule has 0 saturated heterocycles. The van der Waals surface area contributed by atoms with Crippen molar-refractivity contribution in [1.82, 2.24) is 5.32 Å². The van der Waals surface area contributed by atoms with Gasteiger partial charge in [-0.2, -0.15) is 0 Å². The van der Waals surface area contributed by atoms with Gasteiger partial charge in [-0.15, -0.1) is 0 Å². The number of rotatable bonds is 4. The van der Waals surface area contributed by atoms with Crippen molar-refractivity contribution in [2.45, 2.75) is 52.5 Å². The highest BCUT2D eigenvalue weighted by molar-refractivity contribution is 5.76. The first-order chi connectivity index (χ1) is 7.52. The molecule has 3 heteroatoms. The highest BCUT2D eigenvalue weighted by Crippen LogP contribution is 2.28. The van der Waals surface area contributed by atoms with Crippen LogP contribution in [0.15, 0.2) is 0 Å². The van der Waals surface area contributed by atoms with Crippen molar-refractivity contribution in [2.75, 3.05) is 6.54 Å². The normalized spacial score (nSPS) is 32.1. The summed E-state index contributed by atoms with van der Waals surface area (Å²) in [6, 6.07) is 0.383. The zero-order valence-corrected chi connectivity index (χ0v) is 10.8. The fraction of sp³-hybridized carbons (Fsp3) is 0.923. The molecule has 3 N–H and O–H groups in total. The van der Waals surface area contributed by atoms with Crippen molar-refractivity contribution >= 4 is 5.91 Å². The first-order valence-electron chi connectivity index (χ1n) is 6.52. The van der Waals surface area contributed by atoms with Gasteiger partial charge in [0.05, 0.1) is 0 Å². The van der Waals surface area contributed by atoms with Gasteiger partial charge in [-0.05, 0) is 43.6 Å². The van der Waals surface area contributed by atoms with Crippen LogP contribution in [0.1, 0.15) is 46.5 Å². The maximum Gasteiger partial charge on any atom is 0.220 e. The van der Waals surface area contributed by atoms with E-state index < -0.39 is 0 Å². The number of carbonyl (C=O) groups is 1. The lowest BCUT2D eigenvalue weighted by atomic mass is 9.80. The van der Waals surface area contributed by atoms with E-state index in [-0.39, 0.29) is 11.8 Å². The second-order valence-corrected chi connectivity index (χ2v) is 5.61. The fourth-order valence-electron chi connectivity index (χ4n) is 2.55. The average molecular weight is 226 g/mol. The van der Waals surface area contributed by atoms with Crippen molar-refractivity contribution in [3.63, 3.8) is 0 Å². The third kappa shape index (κ3) is 4.12. The summed E-state index contributed by atoms with van der Waals surface area (Å²) in [5, 5.41) is 3.16. The Hall–Kier alpha value is -0.570. The van der Waals surface area contributed by atoms with Gasteiger partial charge in [-0.25, -0.2) is 0 Å². The Morgan fingerprint density at radius 2 is 2.12 bits per heavy atom. The van der Waals surface area contributed by atoms with E-state index in [1.54, 1.807) is 0 Å². The monoisotopic (exact) mass is 226 g/mol. The first kappa shape index (κ1) is 13.5. The Labute approximate surface area is 99.2 Å². The summed E-state index contributed by atoms with van der Waals surface area (Å²) >= 11 is 0. The smallest absolute Gasteiger partial charge is 0.220 e. The highest BCUT2D eigenvalue weighted by atomic mass is 16.1. The number of amides is 1. The molecule has 0 bridgehead atoms. The maximum atomic E-state index is 11.7. The SMILES string of the molecule is CC(CN)CC(=O)NC1CCC(C)CC1C. The number of hydrogen-bond donors (Lipinski definition) is 2. The fourth-order valence-corrected chi connectivity index (χ4v) is 2.55. The van der Waals surface area contributed by atoms with Gasteiger partial charge in [0.2, 0.25) is 5.91 Å². The second-order valence-electron chi connectivity index (χ2n) is 5.61. The van der Waals surface area contributed by atoms with E-state index in [9.17, 15) is 4.79 Å². The van der Waals surface area contributed by atoms with Crippen molar-refractivity contribution < 1.29 is 4.79 Å². The van der Waals surface area contributed by atoms with E-state index in [0.29, 0.717) is 24.9 Å². The molecular formula is C13H26N2O. The average Bonchev–Trinajstić information content (AvgIpc) is 2.22. The second kappa shape index (κ2) is 6.24. The van der Waals surface area contributed by atoms with Crippen LogP contribution in [0.25, 0.3) is 0 Å². The molecule has 0 aliphatic heterocycles. The number of hydrogen-bond acceptors (Lipinski definition) is 2. The van der Waals surface area contributed by atoms with E-state index in [1.165, 1.54) is 12.8 Å². The van der Waals surface area contributed by atoms with Gasteiger partial charge in [-0.1, -0.05) is 20.8 Å². The van der Waals surface area contributed by atoms with Crippen molar-refractivity contribution in [1.29, 1.82) is 0 Å². The van der Waals surface area contributed by atoms with Crippen LogP contribution in [0.4, 0.5) is 0 Å². The summed E-state index contributed by atoms with van der Waals surface area (Å²) in [5.74, 6) is 1.88. The summed E-state index contributed by atoms with van der Waals surface area (Å²) in [7, 11) is 0. The quantitative estimate of drug-likeness (QED) is 0.769. The summed E-state index contributed by atoms with van der Waals surface area (Å²) in [6.45, 7) is 7.15. The summed E-state index contributed by atoms with van der Waals surface area (Å²) in [5.41, 5.74) is 5.52. The lowest BCUT2D eigenvalue weighted by Gasteiger charge is -2.33. The molecule has 1 aliphatic carbocycles. The van der Waals surface area contributed by atoms with E-state index in [1.807, 2.05) is 6.92 Å². The predicted octanol–water partition coefficient (Wildman–Crippen LogP) is 1.91. The van der Waals surface area contributed by atoms with Gasteiger partial charge in [0.15, 0.2) is 0 Å². The van der Waals surface area contributed by atoms with E-state index in [4.69, 9.17) is 5.73 Å². The summed E-state index contributed by atoms with van der Waals surface area (Å²) in [4.78, 5) is 11.7. The first-order valence-corrected chi connectivity index (χ1v) is 6.52. The minimum Gasteiger partial charge on any atom is -0.353 e. The largest absolute Gasteiger partial charge is 0.353 e. The van der Waals surface area contributed by atoms with E-state index in [0.717, 1.165) is 12.3 Å². The third-order valence-electron chi connectivity index (χ3n) is 3.71.